The molecule has 0 aliphatic heterocycles. The number of nitrogens with two attached hydrogens (primary N) is 1. The van der Waals surface area contributed by atoms with Crippen LogP contribution in [0.5, 0.6) is 0 Å². The molecule has 3 nitrogen and oxygen atoms in total. The highest BCUT2D eigenvalue weighted by Crippen LogP contribution is 2.31. The van der Waals surface area contributed by atoms with E-state index in [1.54, 1.807) is 24.2 Å². The Morgan fingerprint density at radius 3 is 2.81 bits per heavy atom. The fourth-order valence-corrected chi connectivity index (χ4v) is 2.24. The zero-order valence-electron chi connectivity index (χ0n) is 8.64. The van der Waals surface area contributed by atoms with Gasteiger partial charge in [0.1, 0.15) is 5.03 Å². The molecule has 0 aliphatic carbocycles. The maximum absolute atomic E-state index is 5.82. The maximum Gasteiger partial charge on any atom is 0.101 e. The third-order valence-electron chi connectivity index (χ3n) is 2.02. The van der Waals surface area contributed by atoms with Gasteiger partial charge in [-0.05, 0) is 41.1 Å². The largest absolute Gasteiger partial charge is 0.397 e. The molecule has 2 aromatic rings. The molecule has 0 amide bonds. The lowest BCUT2D eigenvalue weighted by atomic mass is 10.4. The van der Waals surface area contributed by atoms with Crippen molar-refractivity contribution in [3.8, 4) is 0 Å². The molecule has 2 rings (SSSR count). The Balaban J connectivity index is 2.28. The standard InChI is InChI=1S/C11H10BrN3S/c1-7-8(12)2-3-11(15-7)16-10-4-5-14-6-9(10)13/h2-6H,13H2,1H3. The lowest BCUT2D eigenvalue weighted by molar-refractivity contribution is 1.05. The lowest BCUT2D eigenvalue weighted by Crippen LogP contribution is -1.91. The molecule has 0 unspecified atom stereocenters. The Labute approximate surface area is 107 Å². The Bertz CT molecular complexity index is 516. The molecule has 2 N–H and O–H groups in total. The van der Waals surface area contributed by atoms with Gasteiger partial charge < -0.3 is 5.73 Å². The van der Waals surface area contributed by atoms with E-state index in [1.807, 2.05) is 25.1 Å². The Morgan fingerprint density at radius 1 is 1.31 bits per heavy atom. The van der Waals surface area contributed by atoms with E-state index in [1.165, 1.54) is 0 Å². The predicted molar refractivity (Wildman–Crippen MR) is 69.4 cm³/mol. The molecule has 0 radical (unpaired) electrons. The maximum atomic E-state index is 5.82. The monoisotopic (exact) mass is 295 g/mol. The topological polar surface area (TPSA) is 51.8 Å². The van der Waals surface area contributed by atoms with Gasteiger partial charge in [0.25, 0.3) is 0 Å². The van der Waals surface area contributed by atoms with Crippen molar-refractivity contribution in [1.82, 2.24) is 9.97 Å². The van der Waals surface area contributed by atoms with E-state index >= 15 is 0 Å². The fourth-order valence-electron chi connectivity index (χ4n) is 1.18. The number of aryl methyl sites for hydroxylation is 1. The average Bonchev–Trinajstić information content (AvgIpc) is 2.27. The second-order valence-electron chi connectivity index (χ2n) is 3.23. The minimum Gasteiger partial charge on any atom is -0.397 e. The van der Waals surface area contributed by atoms with E-state index in [0.717, 1.165) is 20.1 Å². The van der Waals surface area contributed by atoms with Gasteiger partial charge in [-0.25, -0.2) is 4.98 Å². The van der Waals surface area contributed by atoms with Crippen LogP contribution in [0.3, 0.4) is 0 Å². The van der Waals surface area contributed by atoms with Crippen LogP contribution in [0.4, 0.5) is 5.69 Å². The first kappa shape index (κ1) is 11.4. The molecule has 0 aliphatic rings. The van der Waals surface area contributed by atoms with E-state index in [-0.39, 0.29) is 0 Å². The van der Waals surface area contributed by atoms with Crippen molar-refractivity contribution < 1.29 is 0 Å². The number of anilines is 1. The summed E-state index contributed by atoms with van der Waals surface area (Å²) in [4.78, 5) is 9.38. The number of pyridine rings is 2. The normalized spacial score (nSPS) is 10.4. The number of nitrogen functional groups attached to an aromatic ring is 1. The third-order valence-corrected chi connectivity index (χ3v) is 3.89. The van der Waals surface area contributed by atoms with Crippen LogP contribution in [0.2, 0.25) is 0 Å². The first-order chi connectivity index (χ1) is 7.66. The summed E-state index contributed by atoms with van der Waals surface area (Å²) in [6.07, 6.45) is 3.37. The third kappa shape index (κ3) is 2.54. The van der Waals surface area contributed by atoms with Gasteiger partial charge in [0.15, 0.2) is 0 Å². The zero-order chi connectivity index (χ0) is 11.5. The second-order valence-corrected chi connectivity index (χ2v) is 5.15. The lowest BCUT2D eigenvalue weighted by Gasteiger charge is -2.05. The highest BCUT2D eigenvalue weighted by Gasteiger charge is 2.04. The van der Waals surface area contributed by atoms with E-state index in [9.17, 15) is 0 Å². The van der Waals surface area contributed by atoms with Crippen LogP contribution < -0.4 is 5.73 Å². The van der Waals surface area contributed by atoms with Crippen LogP contribution in [0.15, 0.2) is 45.0 Å². The van der Waals surface area contributed by atoms with Gasteiger partial charge in [-0.3, -0.25) is 4.98 Å². The minimum atomic E-state index is 0.676. The SMILES string of the molecule is Cc1nc(Sc2ccncc2N)ccc1Br. The molecule has 0 fully saturated rings. The van der Waals surface area contributed by atoms with Crippen LogP contribution in [0.1, 0.15) is 5.69 Å². The van der Waals surface area contributed by atoms with E-state index in [0.29, 0.717) is 5.69 Å². The van der Waals surface area contributed by atoms with Gasteiger partial charge in [-0.1, -0.05) is 11.8 Å². The molecule has 16 heavy (non-hydrogen) atoms. The van der Waals surface area contributed by atoms with Gasteiger partial charge in [0.2, 0.25) is 0 Å². The van der Waals surface area contributed by atoms with E-state index in [2.05, 4.69) is 25.9 Å². The number of hydrogen-bond acceptors (Lipinski definition) is 4. The predicted octanol–water partition coefficient (Wildman–Crippen LogP) is 3.28. The smallest absolute Gasteiger partial charge is 0.101 e. The van der Waals surface area contributed by atoms with Crippen LogP contribution >= 0.6 is 27.7 Å². The number of hydrogen-bond donors (Lipinski definition) is 1. The minimum absolute atomic E-state index is 0.676. The van der Waals surface area contributed by atoms with Crippen molar-refractivity contribution in [2.24, 2.45) is 0 Å². The Morgan fingerprint density at radius 2 is 2.12 bits per heavy atom. The number of aromatic nitrogens is 2. The molecular formula is C11H10BrN3S. The first-order valence-corrected chi connectivity index (χ1v) is 6.28. The fraction of sp³-hybridized carbons (Fsp3) is 0.0909. The summed E-state index contributed by atoms with van der Waals surface area (Å²) in [7, 11) is 0. The number of halogens is 1. The summed E-state index contributed by atoms with van der Waals surface area (Å²) in [5, 5.41) is 0.929. The van der Waals surface area contributed by atoms with Crippen LogP contribution in [-0.2, 0) is 0 Å². The highest BCUT2D eigenvalue weighted by atomic mass is 79.9. The summed E-state index contributed by atoms with van der Waals surface area (Å²) < 4.78 is 1.01. The van der Waals surface area contributed by atoms with Crippen LogP contribution in [0, 0.1) is 6.92 Å². The summed E-state index contributed by atoms with van der Waals surface area (Å²) in [6.45, 7) is 1.96. The molecule has 0 saturated carbocycles. The zero-order valence-corrected chi connectivity index (χ0v) is 11.0. The van der Waals surface area contributed by atoms with Crippen molar-refractivity contribution >= 4 is 33.4 Å². The van der Waals surface area contributed by atoms with Gasteiger partial charge >= 0.3 is 0 Å². The van der Waals surface area contributed by atoms with Crippen molar-refractivity contribution in [3.63, 3.8) is 0 Å². The summed E-state index contributed by atoms with van der Waals surface area (Å²) in [6, 6.07) is 5.84. The highest BCUT2D eigenvalue weighted by molar-refractivity contribution is 9.10. The molecule has 0 aromatic carbocycles. The molecule has 0 bridgehead atoms. The van der Waals surface area contributed by atoms with E-state index in [4.69, 9.17) is 5.73 Å². The van der Waals surface area contributed by atoms with Crippen LogP contribution in [0.25, 0.3) is 0 Å². The molecular weight excluding hydrogens is 286 g/mol. The first-order valence-electron chi connectivity index (χ1n) is 4.67. The average molecular weight is 296 g/mol. The molecule has 0 spiro atoms. The number of nitrogens with zero attached hydrogens (tertiary/aromatic N) is 2. The van der Waals surface area contributed by atoms with Gasteiger partial charge in [0, 0.05) is 15.6 Å². The van der Waals surface area contributed by atoms with Gasteiger partial charge in [0.05, 0.1) is 17.6 Å². The van der Waals surface area contributed by atoms with Crippen molar-refractivity contribution in [2.75, 3.05) is 5.73 Å². The molecule has 5 heteroatoms. The summed E-state index contributed by atoms with van der Waals surface area (Å²) in [5.41, 5.74) is 7.46. The molecule has 2 heterocycles. The van der Waals surface area contributed by atoms with Crippen molar-refractivity contribution in [2.45, 2.75) is 16.8 Å². The molecule has 0 atom stereocenters. The Kier molecular flexibility index (Phi) is 3.46. The Hall–Kier alpha value is -1.07. The van der Waals surface area contributed by atoms with E-state index < -0.39 is 0 Å². The summed E-state index contributed by atoms with van der Waals surface area (Å²) >= 11 is 4.96. The molecule has 0 saturated heterocycles. The van der Waals surface area contributed by atoms with Gasteiger partial charge in [-0.2, -0.15) is 0 Å². The van der Waals surface area contributed by atoms with Crippen molar-refractivity contribution in [1.29, 1.82) is 0 Å². The molecule has 82 valence electrons. The van der Waals surface area contributed by atoms with Gasteiger partial charge in [-0.15, -0.1) is 0 Å². The number of rotatable bonds is 2. The summed E-state index contributed by atoms with van der Waals surface area (Å²) in [5.74, 6) is 0. The second kappa shape index (κ2) is 4.84. The van der Waals surface area contributed by atoms with Crippen molar-refractivity contribution in [3.05, 3.63) is 40.8 Å². The van der Waals surface area contributed by atoms with Crippen LogP contribution in [-0.4, -0.2) is 9.97 Å². The quantitative estimate of drug-likeness (QED) is 0.924. The molecule has 2 aromatic heterocycles.